The van der Waals surface area contributed by atoms with Crippen LogP contribution in [0.15, 0.2) is 24.3 Å². The van der Waals surface area contributed by atoms with E-state index in [4.69, 9.17) is 10.5 Å². The lowest BCUT2D eigenvalue weighted by atomic mass is 10.0. The molecule has 0 bridgehead atoms. The van der Waals surface area contributed by atoms with Crippen molar-refractivity contribution in [2.45, 2.75) is 13.8 Å². The van der Waals surface area contributed by atoms with Gasteiger partial charge in [0.05, 0.1) is 12.8 Å². The SMILES string of the molecule is COc1cc(-c2cc(C)cc(C)c2)nc(N)n1. The Balaban J connectivity index is 2.55. The number of hydrogen-bond acceptors (Lipinski definition) is 4. The molecule has 4 heteroatoms. The molecule has 88 valence electrons. The fourth-order valence-corrected chi connectivity index (χ4v) is 1.82. The van der Waals surface area contributed by atoms with Gasteiger partial charge in [0, 0.05) is 11.6 Å². The molecular formula is C13H15N3O. The summed E-state index contributed by atoms with van der Waals surface area (Å²) >= 11 is 0. The van der Waals surface area contributed by atoms with Gasteiger partial charge in [-0.3, -0.25) is 0 Å². The summed E-state index contributed by atoms with van der Waals surface area (Å²) in [5.41, 5.74) is 9.83. The van der Waals surface area contributed by atoms with E-state index in [-0.39, 0.29) is 5.95 Å². The van der Waals surface area contributed by atoms with Gasteiger partial charge in [-0.15, -0.1) is 0 Å². The van der Waals surface area contributed by atoms with E-state index in [1.54, 1.807) is 13.2 Å². The molecule has 1 aromatic carbocycles. The normalized spacial score (nSPS) is 10.3. The first kappa shape index (κ1) is 11.4. The standard InChI is InChI=1S/C13H15N3O/c1-8-4-9(2)6-10(5-8)11-7-12(17-3)16-13(14)15-11/h4-7H,1-3H3,(H2,14,15,16). The van der Waals surface area contributed by atoms with Crippen molar-refractivity contribution >= 4 is 5.95 Å². The summed E-state index contributed by atoms with van der Waals surface area (Å²) in [6, 6.07) is 8.03. The zero-order valence-electron chi connectivity index (χ0n) is 10.2. The van der Waals surface area contributed by atoms with Crippen molar-refractivity contribution in [2.75, 3.05) is 12.8 Å². The summed E-state index contributed by atoms with van der Waals surface area (Å²) in [7, 11) is 1.56. The highest BCUT2D eigenvalue weighted by molar-refractivity contribution is 5.63. The van der Waals surface area contributed by atoms with E-state index in [2.05, 4.69) is 42.0 Å². The summed E-state index contributed by atoms with van der Waals surface area (Å²) in [6.45, 7) is 4.11. The minimum absolute atomic E-state index is 0.221. The number of anilines is 1. The van der Waals surface area contributed by atoms with Crippen molar-refractivity contribution in [3.63, 3.8) is 0 Å². The maximum absolute atomic E-state index is 5.65. The molecule has 2 rings (SSSR count). The Labute approximate surface area is 100 Å². The fraction of sp³-hybridized carbons (Fsp3) is 0.231. The number of nitrogens with zero attached hydrogens (tertiary/aromatic N) is 2. The molecule has 0 radical (unpaired) electrons. The van der Waals surface area contributed by atoms with E-state index in [0.717, 1.165) is 11.3 Å². The van der Waals surface area contributed by atoms with Gasteiger partial charge in [-0.1, -0.05) is 17.2 Å². The van der Waals surface area contributed by atoms with Gasteiger partial charge in [0.25, 0.3) is 0 Å². The molecule has 1 heterocycles. The lowest BCUT2D eigenvalue weighted by molar-refractivity contribution is 0.398. The van der Waals surface area contributed by atoms with Crippen LogP contribution < -0.4 is 10.5 Å². The predicted octanol–water partition coefficient (Wildman–Crippen LogP) is 2.35. The third kappa shape index (κ3) is 2.53. The van der Waals surface area contributed by atoms with Crippen LogP contribution in [0.5, 0.6) is 5.88 Å². The zero-order chi connectivity index (χ0) is 12.4. The summed E-state index contributed by atoms with van der Waals surface area (Å²) in [4.78, 5) is 8.19. The van der Waals surface area contributed by atoms with E-state index in [9.17, 15) is 0 Å². The third-order valence-corrected chi connectivity index (χ3v) is 2.45. The summed E-state index contributed by atoms with van der Waals surface area (Å²) in [5, 5.41) is 0. The first-order chi connectivity index (χ1) is 8.08. The number of nitrogens with two attached hydrogens (primary N) is 1. The van der Waals surface area contributed by atoms with Gasteiger partial charge in [-0.2, -0.15) is 4.98 Å². The molecule has 17 heavy (non-hydrogen) atoms. The Morgan fingerprint density at radius 1 is 1.00 bits per heavy atom. The molecule has 1 aromatic heterocycles. The van der Waals surface area contributed by atoms with Crippen LogP contribution in [0.4, 0.5) is 5.95 Å². The van der Waals surface area contributed by atoms with Crippen LogP contribution in [0.1, 0.15) is 11.1 Å². The number of rotatable bonds is 2. The lowest BCUT2D eigenvalue weighted by Crippen LogP contribution is -1.99. The molecule has 0 fully saturated rings. The molecule has 0 aliphatic heterocycles. The predicted molar refractivity (Wildman–Crippen MR) is 67.9 cm³/mol. The van der Waals surface area contributed by atoms with Gasteiger partial charge in [-0.05, 0) is 26.0 Å². The summed E-state index contributed by atoms with van der Waals surface area (Å²) in [6.07, 6.45) is 0. The Hall–Kier alpha value is -2.10. The molecule has 0 amide bonds. The Kier molecular flexibility index (Phi) is 2.95. The number of benzene rings is 1. The highest BCUT2D eigenvalue weighted by Gasteiger charge is 2.06. The van der Waals surface area contributed by atoms with Crippen LogP contribution in [-0.4, -0.2) is 17.1 Å². The smallest absolute Gasteiger partial charge is 0.223 e. The van der Waals surface area contributed by atoms with Gasteiger partial charge in [0.15, 0.2) is 0 Å². The quantitative estimate of drug-likeness (QED) is 0.858. The second-order valence-electron chi connectivity index (χ2n) is 4.03. The molecule has 0 saturated carbocycles. The summed E-state index contributed by atoms with van der Waals surface area (Å²) < 4.78 is 5.09. The molecule has 0 spiro atoms. The Morgan fingerprint density at radius 2 is 1.65 bits per heavy atom. The molecule has 2 N–H and O–H groups in total. The van der Waals surface area contributed by atoms with E-state index >= 15 is 0 Å². The monoisotopic (exact) mass is 229 g/mol. The topological polar surface area (TPSA) is 61.0 Å². The number of aryl methyl sites for hydroxylation is 2. The first-order valence-electron chi connectivity index (χ1n) is 5.35. The van der Waals surface area contributed by atoms with Crippen molar-refractivity contribution in [3.8, 4) is 17.1 Å². The summed E-state index contributed by atoms with van der Waals surface area (Å²) in [5.74, 6) is 0.699. The average Bonchev–Trinajstić information content (AvgIpc) is 2.26. The Bertz CT molecular complexity index is 532. The van der Waals surface area contributed by atoms with Crippen molar-refractivity contribution < 1.29 is 4.74 Å². The van der Waals surface area contributed by atoms with Crippen LogP contribution in [0.25, 0.3) is 11.3 Å². The van der Waals surface area contributed by atoms with Crippen LogP contribution in [0.3, 0.4) is 0 Å². The van der Waals surface area contributed by atoms with Crippen molar-refractivity contribution in [3.05, 3.63) is 35.4 Å². The molecule has 0 unspecified atom stereocenters. The van der Waals surface area contributed by atoms with Crippen molar-refractivity contribution in [1.82, 2.24) is 9.97 Å². The van der Waals surface area contributed by atoms with E-state index in [1.165, 1.54) is 11.1 Å². The molecule has 4 nitrogen and oxygen atoms in total. The number of hydrogen-bond donors (Lipinski definition) is 1. The van der Waals surface area contributed by atoms with Gasteiger partial charge in [0.1, 0.15) is 0 Å². The molecule has 0 saturated heterocycles. The molecule has 2 aromatic rings. The maximum Gasteiger partial charge on any atom is 0.223 e. The van der Waals surface area contributed by atoms with Crippen LogP contribution >= 0.6 is 0 Å². The number of methoxy groups -OCH3 is 1. The van der Waals surface area contributed by atoms with Crippen LogP contribution in [-0.2, 0) is 0 Å². The van der Waals surface area contributed by atoms with Crippen molar-refractivity contribution in [1.29, 1.82) is 0 Å². The highest BCUT2D eigenvalue weighted by Crippen LogP contribution is 2.23. The van der Waals surface area contributed by atoms with Crippen LogP contribution in [0, 0.1) is 13.8 Å². The van der Waals surface area contributed by atoms with Gasteiger partial charge in [-0.25, -0.2) is 4.98 Å². The van der Waals surface area contributed by atoms with Gasteiger partial charge < -0.3 is 10.5 Å². The Morgan fingerprint density at radius 3 is 2.24 bits per heavy atom. The van der Waals surface area contributed by atoms with E-state index in [0.29, 0.717) is 5.88 Å². The third-order valence-electron chi connectivity index (χ3n) is 2.45. The largest absolute Gasteiger partial charge is 0.481 e. The second-order valence-corrected chi connectivity index (χ2v) is 4.03. The molecule has 0 aliphatic rings. The van der Waals surface area contributed by atoms with Crippen molar-refractivity contribution in [2.24, 2.45) is 0 Å². The highest BCUT2D eigenvalue weighted by atomic mass is 16.5. The minimum atomic E-state index is 0.221. The van der Waals surface area contributed by atoms with E-state index < -0.39 is 0 Å². The first-order valence-corrected chi connectivity index (χ1v) is 5.35. The number of ether oxygens (including phenoxy) is 1. The average molecular weight is 229 g/mol. The fourth-order valence-electron chi connectivity index (χ4n) is 1.82. The number of aromatic nitrogens is 2. The number of nitrogen functional groups attached to an aromatic ring is 1. The molecule has 0 atom stereocenters. The molecular weight excluding hydrogens is 214 g/mol. The molecule has 0 aliphatic carbocycles. The van der Waals surface area contributed by atoms with E-state index in [1.807, 2.05) is 0 Å². The second kappa shape index (κ2) is 4.41. The van der Waals surface area contributed by atoms with Crippen LogP contribution in [0.2, 0.25) is 0 Å². The van der Waals surface area contributed by atoms with Gasteiger partial charge >= 0.3 is 0 Å². The lowest BCUT2D eigenvalue weighted by Gasteiger charge is -2.07. The zero-order valence-corrected chi connectivity index (χ0v) is 10.2. The maximum atomic E-state index is 5.65. The minimum Gasteiger partial charge on any atom is -0.481 e. The van der Waals surface area contributed by atoms with Gasteiger partial charge in [0.2, 0.25) is 11.8 Å².